The Morgan fingerprint density at radius 1 is 0.394 bits per heavy atom. The summed E-state index contributed by atoms with van der Waals surface area (Å²) in [6, 6.07) is 0. The molecule has 6 amide bonds. The molecule has 0 saturated carbocycles. The zero-order chi connectivity index (χ0) is 50.6. The smallest absolute Gasteiger partial charge is 0.253 e. The second-order valence-electron chi connectivity index (χ2n) is 13.1. The molecular formula is C36H48I6N6O18. The van der Waals surface area contributed by atoms with E-state index in [1.807, 2.05) is 90.4 Å². The zero-order valence-corrected chi connectivity index (χ0v) is 47.1. The van der Waals surface area contributed by atoms with E-state index in [-0.39, 0.29) is 94.3 Å². The van der Waals surface area contributed by atoms with E-state index in [1.165, 1.54) is 0 Å². The fraction of sp³-hybridized carbons (Fsp3) is 0.500. The quantitative estimate of drug-likeness (QED) is 0.0445. The fourth-order valence-corrected chi connectivity index (χ4v) is 14.6. The van der Waals surface area contributed by atoms with Crippen molar-refractivity contribution in [3.05, 3.63) is 43.7 Å². The number of aliphatic hydroxyl groups excluding tert-OH is 12. The highest BCUT2D eigenvalue weighted by atomic mass is 127. The monoisotopic (exact) mass is 1610 g/mol. The number of hydrogen-bond acceptors (Lipinski definition) is 18. The summed E-state index contributed by atoms with van der Waals surface area (Å²) >= 11 is 10.8. The van der Waals surface area contributed by atoms with Crippen molar-refractivity contribution < 1.29 is 90.0 Å². The van der Waals surface area contributed by atoms with E-state index < -0.39 is 113 Å². The van der Waals surface area contributed by atoms with Crippen LogP contribution in [0.4, 0.5) is 11.4 Å². The molecule has 0 saturated heterocycles. The molecule has 0 aliphatic carbocycles. The Hall–Kier alpha value is -0.840. The highest BCUT2D eigenvalue weighted by Gasteiger charge is 2.34. The molecule has 2 aromatic carbocycles. The van der Waals surface area contributed by atoms with Gasteiger partial charge in [-0.1, -0.05) is 0 Å². The minimum atomic E-state index is -1.21. The van der Waals surface area contributed by atoms with Gasteiger partial charge in [-0.05, 0) is 136 Å². The SMILES string of the molecule is O=C(NCC(O)CO)c1c(I)c(C(=O)NCC(O)CO)c(I)c(N(CCO)C(=O)CO)c1I.O=C(NCC(O)CO)c1c(I)c(C(=O)NCC(O)CO)c(I)c(N(CCO)C(=O)CO)c1I. The van der Waals surface area contributed by atoms with E-state index in [1.54, 1.807) is 45.2 Å². The average Bonchev–Trinajstić information content (AvgIpc) is 3.29. The van der Waals surface area contributed by atoms with Crippen molar-refractivity contribution in [1.29, 1.82) is 0 Å². The number of benzene rings is 2. The van der Waals surface area contributed by atoms with Gasteiger partial charge in [0.2, 0.25) is 0 Å². The van der Waals surface area contributed by atoms with Crippen LogP contribution < -0.4 is 31.1 Å². The first-order valence-electron chi connectivity index (χ1n) is 18.8. The van der Waals surface area contributed by atoms with Gasteiger partial charge in [-0.15, -0.1) is 0 Å². The highest BCUT2D eigenvalue weighted by Crippen LogP contribution is 2.39. The number of hydrogen-bond donors (Lipinski definition) is 16. The van der Waals surface area contributed by atoms with Crippen LogP contribution in [0.25, 0.3) is 0 Å². The van der Waals surface area contributed by atoms with Crippen molar-refractivity contribution in [2.24, 2.45) is 0 Å². The van der Waals surface area contributed by atoms with Crippen molar-refractivity contribution in [3.63, 3.8) is 0 Å². The number of halogens is 6. The molecule has 30 heteroatoms. The molecule has 0 heterocycles. The summed E-state index contributed by atoms with van der Waals surface area (Å²) in [4.78, 5) is 78.7. The molecule has 0 aromatic heterocycles. The van der Waals surface area contributed by atoms with Crippen LogP contribution in [0.5, 0.6) is 0 Å². The number of rotatable bonds is 24. The summed E-state index contributed by atoms with van der Waals surface area (Å²) in [6.07, 6.45) is -4.84. The normalized spacial score (nSPS) is 12.8. The Bertz CT molecular complexity index is 1780. The Morgan fingerprint density at radius 3 is 0.773 bits per heavy atom. The van der Waals surface area contributed by atoms with Crippen molar-refractivity contribution in [3.8, 4) is 0 Å². The minimum absolute atomic E-state index is 0.00158. The highest BCUT2D eigenvalue weighted by molar-refractivity contribution is 14.1. The summed E-state index contributed by atoms with van der Waals surface area (Å²) in [6.45, 7) is -6.55. The van der Waals surface area contributed by atoms with E-state index in [0.717, 1.165) is 9.80 Å². The maximum absolute atomic E-state index is 13.0. The van der Waals surface area contributed by atoms with Gasteiger partial charge in [0.15, 0.2) is 0 Å². The predicted octanol–water partition coefficient (Wildman–Crippen LogP) is -4.03. The molecule has 2 rings (SSSR count). The van der Waals surface area contributed by atoms with E-state index in [0.29, 0.717) is 0 Å². The molecule has 16 N–H and O–H groups in total. The second-order valence-corrected chi connectivity index (χ2v) is 19.6. The Labute approximate surface area is 458 Å². The fourth-order valence-electron chi connectivity index (χ4n) is 5.12. The standard InChI is InChI=1S/2C18H24I3N3O9/c2*19-13-11(17(32)22-3-8(29)5-26)14(20)16(24(1-2-25)10(31)7-28)15(21)12(13)18(33)23-4-9(30)6-27/h2*8-9,25-30H,1-7H2,(H,22,32)(H,23,33). The molecule has 66 heavy (non-hydrogen) atoms. The van der Waals surface area contributed by atoms with E-state index in [4.69, 9.17) is 20.4 Å². The summed E-state index contributed by atoms with van der Waals surface area (Å²) in [5.74, 6) is -4.33. The lowest BCUT2D eigenvalue weighted by molar-refractivity contribution is -0.122. The molecule has 372 valence electrons. The van der Waals surface area contributed by atoms with Crippen LogP contribution in [-0.2, 0) is 9.59 Å². The van der Waals surface area contributed by atoms with Crippen LogP contribution in [0.1, 0.15) is 41.4 Å². The number of carbonyl (C=O) groups is 6. The molecule has 4 unspecified atom stereocenters. The third-order valence-corrected chi connectivity index (χ3v) is 14.8. The van der Waals surface area contributed by atoms with Crippen LogP contribution in [0.2, 0.25) is 0 Å². The molecule has 0 bridgehead atoms. The van der Waals surface area contributed by atoms with Gasteiger partial charge in [-0.3, -0.25) is 28.8 Å². The van der Waals surface area contributed by atoms with Gasteiger partial charge >= 0.3 is 0 Å². The van der Waals surface area contributed by atoms with Crippen LogP contribution >= 0.6 is 136 Å². The minimum Gasteiger partial charge on any atom is -0.395 e. The lowest BCUT2D eigenvalue weighted by atomic mass is 10.1. The van der Waals surface area contributed by atoms with E-state index in [9.17, 15) is 69.6 Å². The van der Waals surface area contributed by atoms with E-state index in [2.05, 4.69) is 21.3 Å². The van der Waals surface area contributed by atoms with Crippen LogP contribution in [0.15, 0.2) is 0 Å². The first-order chi connectivity index (χ1) is 31.1. The van der Waals surface area contributed by atoms with Crippen molar-refractivity contribution >= 4 is 182 Å². The molecule has 2 aromatic rings. The Morgan fingerprint density at radius 2 is 0.606 bits per heavy atom. The molecule has 0 aliphatic rings. The second kappa shape index (κ2) is 32.2. The van der Waals surface area contributed by atoms with E-state index >= 15 is 0 Å². The third kappa shape index (κ3) is 17.8. The molecule has 0 aliphatic heterocycles. The number of amides is 6. The van der Waals surface area contributed by atoms with Crippen molar-refractivity contribution in [1.82, 2.24) is 21.3 Å². The van der Waals surface area contributed by atoms with Gasteiger partial charge in [0.1, 0.15) is 13.2 Å². The first kappa shape index (κ1) is 63.2. The van der Waals surface area contributed by atoms with Crippen LogP contribution in [0.3, 0.4) is 0 Å². The van der Waals surface area contributed by atoms with Crippen LogP contribution in [0, 0.1) is 21.4 Å². The summed E-state index contributed by atoms with van der Waals surface area (Å²) in [5.41, 5.74) is 0.226. The lowest BCUT2D eigenvalue weighted by Crippen LogP contribution is -2.40. The number of nitrogens with one attached hydrogen (secondary N) is 4. The molecule has 0 radical (unpaired) electrons. The molecule has 4 atom stereocenters. The largest absolute Gasteiger partial charge is 0.395 e. The van der Waals surface area contributed by atoms with Gasteiger partial charge in [0, 0.05) is 46.4 Å². The molecule has 0 spiro atoms. The van der Waals surface area contributed by atoms with Crippen molar-refractivity contribution in [2.45, 2.75) is 24.4 Å². The predicted molar refractivity (Wildman–Crippen MR) is 284 cm³/mol. The first-order valence-corrected chi connectivity index (χ1v) is 25.3. The lowest BCUT2D eigenvalue weighted by Gasteiger charge is -2.27. The van der Waals surface area contributed by atoms with Gasteiger partial charge in [0.25, 0.3) is 35.4 Å². The zero-order valence-electron chi connectivity index (χ0n) is 34.2. The average molecular weight is 1610 g/mol. The number of aliphatic hydroxyl groups is 12. The molecular weight excluding hydrogens is 1570 g/mol. The van der Waals surface area contributed by atoms with Crippen molar-refractivity contribution in [2.75, 3.05) is 102 Å². The van der Waals surface area contributed by atoms with Gasteiger partial charge in [-0.2, -0.15) is 0 Å². The number of nitrogens with zero attached hydrogens (tertiary/aromatic N) is 2. The summed E-state index contributed by atoms with van der Waals surface area (Å²) in [5, 5.41) is 122. The number of anilines is 2. The summed E-state index contributed by atoms with van der Waals surface area (Å²) < 4.78 is 1.41. The molecule has 0 fully saturated rings. The van der Waals surface area contributed by atoms with Gasteiger partial charge in [0.05, 0.1) is 112 Å². The Balaban J connectivity index is 0.000000660. The maximum atomic E-state index is 13.0. The maximum Gasteiger partial charge on any atom is 0.253 e. The van der Waals surface area contributed by atoms with Crippen LogP contribution in [-0.4, -0.2) is 213 Å². The number of carbonyl (C=O) groups excluding carboxylic acids is 6. The van der Waals surface area contributed by atoms with Gasteiger partial charge in [-0.25, -0.2) is 0 Å². The topological polar surface area (TPSA) is 400 Å². The third-order valence-electron chi connectivity index (χ3n) is 8.39. The van der Waals surface area contributed by atoms with Gasteiger partial charge < -0.3 is 92.3 Å². The molecule has 24 nitrogen and oxygen atoms in total. The summed E-state index contributed by atoms with van der Waals surface area (Å²) in [7, 11) is 0. The Kier molecular flexibility index (Phi) is 30.8.